The van der Waals surface area contributed by atoms with Crippen LogP contribution < -0.4 is 5.76 Å². The summed E-state index contributed by atoms with van der Waals surface area (Å²) in [5.74, 6) is -3.73. The van der Waals surface area contributed by atoms with E-state index in [2.05, 4.69) is 4.90 Å². The summed E-state index contributed by atoms with van der Waals surface area (Å²) >= 11 is 0. The molecule has 0 radical (unpaired) electrons. The van der Waals surface area contributed by atoms with E-state index in [9.17, 15) is 18.4 Å². The predicted octanol–water partition coefficient (Wildman–Crippen LogP) is 2.71. The Morgan fingerprint density at radius 3 is 2.71 bits per heavy atom. The van der Waals surface area contributed by atoms with Crippen molar-refractivity contribution in [3.05, 3.63) is 34.8 Å². The van der Waals surface area contributed by atoms with Crippen LogP contribution >= 0.6 is 0 Å². The molecule has 1 atom stereocenters. The first-order chi connectivity index (χ1) is 13.4. The van der Waals surface area contributed by atoms with Gasteiger partial charge in [-0.1, -0.05) is 18.6 Å². The van der Waals surface area contributed by atoms with Gasteiger partial charge in [-0.15, -0.1) is 0 Å². The smallest absolute Gasteiger partial charge is 0.408 e. The SMILES string of the molecule is O=C(CCn1c(=O)oc2ccccc21)N1CC(F)(F)C[C@H]1CN1CCCCC1. The highest BCUT2D eigenvalue weighted by atomic mass is 19.3. The van der Waals surface area contributed by atoms with Crippen molar-refractivity contribution in [2.45, 2.75) is 50.6 Å². The number of para-hydroxylation sites is 2. The summed E-state index contributed by atoms with van der Waals surface area (Å²) in [7, 11) is 0. The number of piperidine rings is 1. The third-order valence-electron chi connectivity index (χ3n) is 5.74. The largest absolute Gasteiger partial charge is 0.419 e. The number of fused-ring (bicyclic) bond motifs is 1. The van der Waals surface area contributed by atoms with E-state index in [0.29, 0.717) is 17.6 Å². The summed E-state index contributed by atoms with van der Waals surface area (Å²) < 4.78 is 34.7. The number of carbonyl (C=O) groups is 1. The van der Waals surface area contributed by atoms with Crippen LogP contribution in [0.2, 0.25) is 0 Å². The molecule has 2 saturated heterocycles. The van der Waals surface area contributed by atoms with Crippen molar-refractivity contribution in [2.75, 3.05) is 26.2 Å². The lowest BCUT2D eigenvalue weighted by Crippen LogP contribution is -2.45. The van der Waals surface area contributed by atoms with Crippen molar-refractivity contribution in [1.82, 2.24) is 14.4 Å². The number of carbonyl (C=O) groups excluding carboxylic acids is 1. The summed E-state index contributed by atoms with van der Waals surface area (Å²) in [5, 5.41) is 0. The van der Waals surface area contributed by atoms with Gasteiger partial charge in [0, 0.05) is 25.9 Å². The van der Waals surface area contributed by atoms with Crippen LogP contribution in [-0.2, 0) is 11.3 Å². The summed E-state index contributed by atoms with van der Waals surface area (Å²) in [6, 6.07) is 6.50. The molecule has 28 heavy (non-hydrogen) atoms. The fourth-order valence-corrected chi connectivity index (χ4v) is 4.37. The molecular weight excluding hydrogens is 368 g/mol. The maximum atomic E-state index is 14.1. The van der Waals surface area contributed by atoms with Gasteiger partial charge in [0.05, 0.1) is 18.1 Å². The van der Waals surface area contributed by atoms with Crippen LogP contribution in [-0.4, -0.2) is 58.4 Å². The minimum atomic E-state index is -2.85. The Morgan fingerprint density at radius 2 is 1.93 bits per heavy atom. The number of nitrogens with zero attached hydrogens (tertiary/aromatic N) is 3. The second kappa shape index (κ2) is 7.66. The topological polar surface area (TPSA) is 58.7 Å². The molecule has 1 aromatic carbocycles. The van der Waals surface area contributed by atoms with Gasteiger partial charge in [0.1, 0.15) is 0 Å². The average Bonchev–Trinajstić information content (AvgIpc) is 3.15. The molecule has 0 bridgehead atoms. The molecule has 6 nitrogen and oxygen atoms in total. The Hall–Kier alpha value is -2.22. The third-order valence-corrected chi connectivity index (χ3v) is 5.74. The van der Waals surface area contributed by atoms with E-state index < -0.39 is 24.3 Å². The van der Waals surface area contributed by atoms with Crippen LogP contribution in [0, 0.1) is 0 Å². The van der Waals surface area contributed by atoms with Crippen LogP contribution in [0.5, 0.6) is 0 Å². The maximum Gasteiger partial charge on any atom is 0.419 e. The molecule has 1 amide bonds. The van der Waals surface area contributed by atoms with Gasteiger partial charge in [0.2, 0.25) is 5.91 Å². The number of benzene rings is 1. The molecule has 1 aromatic heterocycles. The average molecular weight is 393 g/mol. The standard InChI is InChI=1S/C20H25F2N3O3/c21-20(22)12-15(13-23-9-4-1-5-10-23)25(14-20)18(26)8-11-24-16-6-2-3-7-17(16)28-19(24)27/h2-3,6-7,15H,1,4-5,8-14H2/t15-/m0/s1. The summed E-state index contributed by atoms with van der Waals surface area (Å²) in [6.45, 7) is 1.88. The van der Waals surface area contributed by atoms with Crippen molar-refractivity contribution in [1.29, 1.82) is 0 Å². The van der Waals surface area contributed by atoms with Gasteiger partial charge >= 0.3 is 5.76 Å². The second-order valence-corrected chi connectivity index (χ2v) is 7.83. The first-order valence-electron chi connectivity index (χ1n) is 9.91. The summed E-state index contributed by atoms with van der Waals surface area (Å²) in [5.41, 5.74) is 1.06. The van der Waals surface area contributed by atoms with Crippen molar-refractivity contribution in [3.8, 4) is 0 Å². The van der Waals surface area contributed by atoms with Gasteiger partial charge in [-0.25, -0.2) is 13.6 Å². The van der Waals surface area contributed by atoms with Crippen molar-refractivity contribution < 1.29 is 18.0 Å². The lowest BCUT2D eigenvalue weighted by molar-refractivity contribution is -0.133. The number of alkyl halides is 2. The van der Waals surface area contributed by atoms with Crippen LogP contribution in [0.1, 0.15) is 32.1 Å². The maximum absolute atomic E-state index is 14.1. The number of hydrogen-bond donors (Lipinski definition) is 0. The van der Waals surface area contributed by atoms with Gasteiger partial charge in [-0.05, 0) is 38.1 Å². The van der Waals surface area contributed by atoms with Crippen LogP contribution in [0.25, 0.3) is 11.1 Å². The molecule has 8 heteroatoms. The van der Waals surface area contributed by atoms with Gasteiger partial charge in [-0.2, -0.15) is 0 Å². The predicted molar refractivity (Wildman–Crippen MR) is 100 cm³/mol. The molecule has 2 fully saturated rings. The second-order valence-electron chi connectivity index (χ2n) is 7.83. The van der Waals surface area contributed by atoms with Crippen molar-refractivity contribution >= 4 is 17.0 Å². The number of likely N-dealkylation sites (tertiary alicyclic amines) is 2. The van der Waals surface area contributed by atoms with Crippen LogP contribution in [0.3, 0.4) is 0 Å². The number of oxazole rings is 1. The Labute approximate surface area is 161 Å². The van der Waals surface area contributed by atoms with E-state index in [-0.39, 0.29) is 25.3 Å². The first kappa shape index (κ1) is 19.1. The molecule has 0 saturated carbocycles. The lowest BCUT2D eigenvalue weighted by atomic mass is 10.1. The van der Waals surface area contributed by atoms with E-state index in [1.54, 1.807) is 24.3 Å². The number of rotatable bonds is 5. The number of aromatic nitrogens is 1. The molecular formula is C20H25F2N3O3. The van der Waals surface area contributed by atoms with Crippen molar-refractivity contribution in [3.63, 3.8) is 0 Å². The minimum Gasteiger partial charge on any atom is -0.408 e. The highest BCUT2D eigenvalue weighted by Gasteiger charge is 2.47. The molecule has 2 aromatic rings. The van der Waals surface area contributed by atoms with Crippen LogP contribution in [0.15, 0.2) is 33.5 Å². The summed E-state index contributed by atoms with van der Waals surface area (Å²) in [6.07, 6.45) is 3.04. The fraction of sp³-hybridized carbons (Fsp3) is 0.600. The molecule has 4 rings (SSSR count). The molecule has 0 aliphatic carbocycles. The van der Waals surface area contributed by atoms with E-state index in [4.69, 9.17) is 4.42 Å². The van der Waals surface area contributed by atoms with Gasteiger partial charge in [-0.3, -0.25) is 9.36 Å². The van der Waals surface area contributed by atoms with Gasteiger partial charge in [0.15, 0.2) is 5.58 Å². The Morgan fingerprint density at radius 1 is 1.18 bits per heavy atom. The Balaban J connectivity index is 1.44. The zero-order valence-corrected chi connectivity index (χ0v) is 15.8. The number of aryl methyl sites for hydroxylation is 1. The molecule has 152 valence electrons. The molecule has 3 heterocycles. The zero-order chi connectivity index (χ0) is 19.7. The molecule has 0 unspecified atom stereocenters. The van der Waals surface area contributed by atoms with Crippen molar-refractivity contribution in [2.24, 2.45) is 0 Å². The zero-order valence-electron chi connectivity index (χ0n) is 15.8. The number of halogens is 2. The Kier molecular flexibility index (Phi) is 5.23. The highest BCUT2D eigenvalue weighted by Crippen LogP contribution is 2.33. The molecule has 2 aliphatic rings. The first-order valence-corrected chi connectivity index (χ1v) is 9.91. The van der Waals surface area contributed by atoms with Crippen LogP contribution in [0.4, 0.5) is 8.78 Å². The highest BCUT2D eigenvalue weighted by molar-refractivity contribution is 5.77. The molecule has 0 spiro atoms. The third kappa shape index (κ3) is 3.97. The minimum absolute atomic E-state index is 0.00395. The molecule has 0 N–H and O–H groups in total. The molecule has 2 aliphatic heterocycles. The van der Waals surface area contributed by atoms with Gasteiger partial charge in [0.25, 0.3) is 5.92 Å². The van der Waals surface area contributed by atoms with E-state index in [0.717, 1.165) is 25.9 Å². The Bertz CT molecular complexity index is 901. The van der Waals surface area contributed by atoms with E-state index in [1.165, 1.54) is 15.9 Å². The number of hydrogen-bond acceptors (Lipinski definition) is 4. The fourth-order valence-electron chi connectivity index (χ4n) is 4.37. The number of amides is 1. The van der Waals surface area contributed by atoms with E-state index >= 15 is 0 Å². The van der Waals surface area contributed by atoms with Gasteiger partial charge < -0.3 is 14.2 Å². The lowest BCUT2D eigenvalue weighted by Gasteiger charge is -2.32. The monoisotopic (exact) mass is 393 g/mol. The summed E-state index contributed by atoms with van der Waals surface area (Å²) in [4.78, 5) is 28.3. The normalized spacial score (nSPS) is 22.8. The quantitative estimate of drug-likeness (QED) is 0.784. The van der Waals surface area contributed by atoms with E-state index in [1.807, 2.05) is 0 Å².